The topological polar surface area (TPSA) is 0 Å². The van der Waals surface area contributed by atoms with Crippen LogP contribution in [-0.2, 0) is 0 Å². The lowest BCUT2D eigenvalue weighted by Crippen LogP contribution is -1.96. The van der Waals surface area contributed by atoms with Crippen molar-refractivity contribution in [1.82, 2.24) is 0 Å². The molecule has 0 aliphatic carbocycles. The highest BCUT2D eigenvalue weighted by molar-refractivity contribution is 14.1. The highest BCUT2D eigenvalue weighted by Gasteiger charge is 2.23. The molecule has 0 aromatic heterocycles. The van der Waals surface area contributed by atoms with Crippen LogP contribution in [0.2, 0.25) is 0 Å². The smallest absolute Gasteiger partial charge is 0.0215 e. The molecule has 9 aromatic rings. The molecule has 0 aliphatic rings. The maximum absolute atomic E-state index is 2.56. The zero-order valence-electron chi connectivity index (χ0n) is 24.8. The Labute approximate surface area is 295 Å². The molecule has 216 valence electrons. The van der Waals surface area contributed by atoms with E-state index in [9.17, 15) is 0 Å². The fourth-order valence-corrected chi connectivity index (χ4v) is 8.87. The Balaban J connectivity index is 1.50. The molecule has 0 bridgehead atoms. The zero-order chi connectivity index (χ0) is 30.8. The van der Waals surface area contributed by atoms with E-state index in [1.54, 1.807) is 0 Å². The van der Waals surface area contributed by atoms with Crippen molar-refractivity contribution in [2.45, 2.75) is 0 Å². The summed E-state index contributed by atoms with van der Waals surface area (Å²) in [5.74, 6) is 0. The fraction of sp³-hybridized carbons (Fsp3) is 0. The molecule has 46 heavy (non-hydrogen) atoms. The van der Waals surface area contributed by atoms with Gasteiger partial charge in [0.15, 0.2) is 0 Å². The Bertz CT molecular complexity index is 2570. The minimum atomic E-state index is 1.22. The van der Waals surface area contributed by atoms with E-state index in [1.807, 2.05) is 0 Å². The molecule has 0 aliphatic heterocycles. The van der Waals surface area contributed by atoms with Crippen LogP contribution in [0.15, 0.2) is 158 Å². The van der Waals surface area contributed by atoms with Gasteiger partial charge in [-0.2, -0.15) is 0 Å². The molecule has 0 amide bonds. The highest BCUT2D eigenvalue weighted by atomic mass is 127. The van der Waals surface area contributed by atoms with Gasteiger partial charge >= 0.3 is 0 Å². The molecule has 0 heterocycles. The van der Waals surface area contributed by atoms with E-state index in [4.69, 9.17) is 0 Å². The van der Waals surface area contributed by atoms with Crippen LogP contribution in [0.3, 0.4) is 0 Å². The predicted molar refractivity (Wildman–Crippen MR) is 215 cm³/mol. The van der Waals surface area contributed by atoms with Crippen molar-refractivity contribution in [2.24, 2.45) is 0 Å². The van der Waals surface area contributed by atoms with Gasteiger partial charge in [-0.3, -0.25) is 0 Å². The van der Waals surface area contributed by atoms with Crippen molar-refractivity contribution < 1.29 is 0 Å². The largest absolute Gasteiger partial charge is 0.0622 e. The summed E-state index contributed by atoms with van der Waals surface area (Å²) in [6, 6.07) is 58.0. The SMILES string of the molecule is Ic1cc(-c2ccccc2)c2c3cccc4c(I)cc(-c5cc(-c6ccccc6)ccc5-c5ccccc5)c(c5cccc1c52)c43. The van der Waals surface area contributed by atoms with Gasteiger partial charge in [0.05, 0.1) is 0 Å². The highest BCUT2D eigenvalue weighted by Crippen LogP contribution is 2.50. The van der Waals surface area contributed by atoms with Crippen molar-refractivity contribution >= 4 is 88.3 Å². The molecule has 0 saturated carbocycles. The summed E-state index contributed by atoms with van der Waals surface area (Å²) in [5.41, 5.74) is 9.99. The van der Waals surface area contributed by atoms with Gasteiger partial charge in [0.25, 0.3) is 0 Å². The first kappa shape index (κ1) is 28.0. The van der Waals surface area contributed by atoms with Crippen molar-refractivity contribution in [1.29, 1.82) is 0 Å². The van der Waals surface area contributed by atoms with Crippen molar-refractivity contribution in [3.63, 3.8) is 0 Å². The monoisotopic (exact) mass is 808 g/mol. The number of fused-ring (bicyclic) bond motifs is 2. The molecular weight excluding hydrogens is 782 g/mol. The van der Waals surface area contributed by atoms with E-state index in [1.165, 1.54) is 94.7 Å². The van der Waals surface area contributed by atoms with Crippen LogP contribution in [0, 0.1) is 7.14 Å². The van der Waals surface area contributed by atoms with Crippen molar-refractivity contribution in [3.05, 3.63) is 165 Å². The normalized spacial score (nSPS) is 11.7. The quantitative estimate of drug-likeness (QED) is 0.0944. The lowest BCUT2D eigenvalue weighted by Gasteiger charge is -2.22. The number of halogens is 2. The van der Waals surface area contributed by atoms with Crippen molar-refractivity contribution in [2.75, 3.05) is 0 Å². The minimum Gasteiger partial charge on any atom is -0.0622 e. The lowest BCUT2D eigenvalue weighted by molar-refractivity contribution is 1.57. The lowest BCUT2D eigenvalue weighted by atomic mass is 9.82. The molecule has 9 rings (SSSR count). The number of hydrogen-bond donors (Lipinski definition) is 0. The predicted octanol–water partition coefficient (Wildman–Crippen LogP) is 13.6. The zero-order valence-corrected chi connectivity index (χ0v) is 29.1. The first-order valence-electron chi connectivity index (χ1n) is 15.5. The third-order valence-electron chi connectivity index (χ3n) is 9.35. The third-order valence-corrected chi connectivity index (χ3v) is 11.1. The van der Waals surface area contributed by atoms with E-state index in [2.05, 4.69) is 203 Å². The van der Waals surface area contributed by atoms with Gasteiger partial charge < -0.3 is 0 Å². The summed E-state index contributed by atoms with van der Waals surface area (Å²) in [5, 5.41) is 10.6. The van der Waals surface area contributed by atoms with E-state index in [-0.39, 0.29) is 0 Å². The Kier molecular flexibility index (Phi) is 6.83. The molecular formula is C44H26I2. The first-order valence-corrected chi connectivity index (χ1v) is 17.6. The second-order valence-corrected chi connectivity index (χ2v) is 14.2. The van der Waals surface area contributed by atoms with Gasteiger partial charge in [0.1, 0.15) is 0 Å². The molecule has 0 unspecified atom stereocenters. The molecule has 9 aromatic carbocycles. The summed E-state index contributed by atoms with van der Waals surface area (Å²) < 4.78 is 2.54. The fourth-order valence-electron chi connectivity index (χ4n) is 7.34. The number of benzene rings is 9. The Morgan fingerprint density at radius 2 is 0.717 bits per heavy atom. The summed E-state index contributed by atoms with van der Waals surface area (Å²) in [7, 11) is 0. The minimum absolute atomic E-state index is 1.22. The summed E-state index contributed by atoms with van der Waals surface area (Å²) >= 11 is 5.10. The van der Waals surface area contributed by atoms with Crippen molar-refractivity contribution in [3.8, 4) is 44.5 Å². The summed E-state index contributed by atoms with van der Waals surface area (Å²) in [4.78, 5) is 0. The van der Waals surface area contributed by atoms with Gasteiger partial charge in [-0.15, -0.1) is 0 Å². The van der Waals surface area contributed by atoms with Gasteiger partial charge in [0, 0.05) is 7.14 Å². The van der Waals surface area contributed by atoms with Gasteiger partial charge in [-0.1, -0.05) is 140 Å². The Morgan fingerprint density at radius 3 is 1.28 bits per heavy atom. The molecule has 0 spiro atoms. The molecule has 2 heteroatoms. The van der Waals surface area contributed by atoms with E-state index < -0.39 is 0 Å². The molecule has 0 N–H and O–H groups in total. The molecule has 0 fully saturated rings. The first-order chi connectivity index (χ1) is 22.7. The van der Waals surface area contributed by atoms with E-state index in [0.29, 0.717) is 0 Å². The van der Waals surface area contributed by atoms with Gasteiger partial charge in [0.2, 0.25) is 0 Å². The van der Waals surface area contributed by atoms with Gasteiger partial charge in [-0.05, 0) is 151 Å². The van der Waals surface area contributed by atoms with E-state index in [0.717, 1.165) is 0 Å². The molecule has 0 atom stereocenters. The number of hydrogen-bond acceptors (Lipinski definition) is 0. The molecule has 0 saturated heterocycles. The van der Waals surface area contributed by atoms with Crippen LogP contribution >= 0.6 is 45.2 Å². The molecule has 0 nitrogen and oxygen atoms in total. The Morgan fingerprint density at radius 1 is 0.261 bits per heavy atom. The van der Waals surface area contributed by atoms with Crippen LogP contribution in [-0.4, -0.2) is 0 Å². The average molecular weight is 808 g/mol. The average Bonchev–Trinajstić information content (AvgIpc) is 3.12. The summed E-state index contributed by atoms with van der Waals surface area (Å²) in [6.07, 6.45) is 0. The standard InChI is InChI=1S/C44H26I2/c45-39-25-36(29-16-8-3-9-17-29)43-34-20-10-19-33-40(46)26-38(44(42(33)34)35-21-11-18-32(39)41(35)43)37-24-30(27-12-4-1-5-13-27)22-23-31(37)28-14-6-2-7-15-28/h1-26H. The summed E-state index contributed by atoms with van der Waals surface area (Å²) in [6.45, 7) is 0. The van der Waals surface area contributed by atoms with Crippen LogP contribution in [0.4, 0.5) is 0 Å². The maximum Gasteiger partial charge on any atom is 0.0215 e. The third kappa shape index (κ3) is 4.38. The van der Waals surface area contributed by atoms with Crippen LogP contribution in [0.25, 0.3) is 87.6 Å². The van der Waals surface area contributed by atoms with Crippen LogP contribution in [0.5, 0.6) is 0 Å². The van der Waals surface area contributed by atoms with Gasteiger partial charge in [-0.25, -0.2) is 0 Å². The second kappa shape index (κ2) is 11.2. The second-order valence-electron chi connectivity index (χ2n) is 11.9. The van der Waals surface area contributed by atoms with E-state index >= 15 is 0 Å². The maximum atomic E-state index is 2.56. The van der Waals surface area contributed by atoms with Crippen LogP contribution < -0.4 is 0 Å². The van der Waals surface area contributed by atoms with Crippen LogP contribution in [0.1, 0.15) is 0 Å². The number of rotatable bonds is 4. The molecule has 0 radical (unpaired) electrons. The Hall–Kier alpha value is -4.26.